The largest absolute Gasteiger partial charge is 0.493 e. The summed E-state index contributed by atoms with van der Waals surface area (Å²) in [7, 11) is 1.56. The minimum absolute atomic E-state index is 0.208. The molecule has 0 radical (unpaired) electrons. The average molecular weight is 275 g/mol. The summed E-state index contributed by atoms with van der Waals surface area (Å²) in [6.45, 7) is 1.96. The van der Waals surface area contributed by atoms with Gasteiger partial charge < -0.3 is 9.47 Å². The molecule has 0 saturated heterocycles. The first kappa shape index (κ1) is 13.2. The van der Waals surface area contributed by atoms with E-state index in [9.17, 15) is 0 Å². The van der Waals surface area contributed by atoms with E-state index in [1.807, 2.05) is 25.1 Å². The van der Waals surface area contributed by atoms with Crippen LogP contribution in [0.2, 0.25) is 5.15 Å². The summed E-state index contributed by atoms with van der Waals surface area (Å²) < 4.78 is 10.8. The Morgan fingerprint density at radius 3 is 2.68 bits per heavy atom. The molecule has 96 valence electrons. The number of hydrogen-bond donors (Lipinski definition) is 0. The van der Waals surface area contributed by atoms with Crippen molar-refractivity contribution in [1.82, 2.24) is 4.98 Å². The normalized spacial score (nSPS) is 9.79. The highest BCUT2D eigenvalue weighted by Gasteiger charge is 2.08. The summed E-state index contributed by atoms with van der Waals surface area (Å²) in [6.07, 6.45) is 0. The number of pyridine rings is 1. The van der Waals surface area contributed by atoms with Crippen molar-refractivity contribution in [2.75, 3.05) is 7.11 Å². The number of nitrogens with zero attached hydrogens (tertiary/aromatic N) is 2. The highest BCUT2D eigenvalue weighted by Crippen LogP contribution is 2.32. The van der Waals surface area contributed by atoms with E-state index in [-0.39, 0.29) is 11.0 Å². The molecule has 0 atom stereocenters. The van der Waals surface area contributed by atoms with Gasteiger partial charge in [-0.05, 0) is 30.7 Å². The van der Waals surface area contributed by atoms with Crippen molar-refractivity contribution in [1.29, 1.82) is 5.26 Å². The topological polar surface area (TPSA) is 55.1 Å². The zero-order valence-corrected chi connectivity index (χ0v) is 11.2. The molecule has 5 heteroatoms. The van der Waals surface area contributed by atoms with Crippen LogP contribution in [-0.4, -0.2) is 12.1 Å². The molecule has 0 amide bonds. The van der Waals surface area contributed by atoms with Crippen molar-refractivity contribution < 1.29 is 9.47 Å². The van der Waals surface area contributed by atoms with E-state index in [0.29, 0.717) is 17.1 Å². The lowest BCUT2D eigenvalue weighted by molar-refractivity contribution is 0.374. The van der Waals surface area contributed by atoms with Crippen molar-refractivity contribution >= 4 is 11.6 Å². The van der Waals surface area contributed by atoms with Crippen LogP contribution in [0.1, 0.15) is 11.1 Å². The molecule has 0 N–H and O–H groups in total. The molecule has 2 rings (SSSR count). The summed E-state index contributed by atoms with van der Waals surface area (Å²) in [5, 5.41) is 9.08. The molecule has 0 unspecified atom stereocenters. The van der Waals surface area contributed by atoms with Gasteiger partial charge in [0.25, 0.3) is 0 Å². The van der Waals surface area contributed by atoms with Gasteiger partial charge in [-0.15, -0.1) is 0 Å². The quantitative estimate of drug-likeness (QED) is 0.801. The molecule has 19 heavy (non-hydrogen) atoms. The van der Waals surface area contributed by atoms with Crippen LogP contribution in [0.25, 0.3) is 0 Å². The minimum atomic E-state index is 0.208. The molecule has 0 spiro atoms. The fraction of sp³-hybridized carbons (Fsp3) is 0.143. The lowest BCUT2D eigenvalue weighted by Crippen LogP contribution is -1.93. The molecule has 4 nitrogen and oxygen atoms in total. The van der Waals surface area contributed by atoms with Gasteiger partial charge in [0.1, 0.15) is 5.15 Å². The number of halogens is 1. The van der Waals surface area contributed by atoms with Crippen molar-refractivity contribution in [3.05, 3.63) is 46.6 Å². The van der Waals surface area contributed by atoms with Gasteiger partial charge in [-0.3, -0.25) is 0 Å². The molecular weight excluding hydrogens is 264 g/mol. The zero-order chi connectivity index (χ0) is 13.8. The van der Waals surface area contributed by atoms with E-state index in [1.54, 1.807) is 13.2 Å². The van der Waals surface area contributed by atoms with Gasteiger partial charge in [-0.1, -0.05) is 17.7 Å². The number of ether oxygens (including phenoxy) is 2. The van der Waals surface area contributed by atoms with E-state index in [0.717, 1.165) is 5.56 Å². The number of benzene rings is 1. The van der Waals surface area contributed by atoms with Crippen molar-refractivity contribution in [3.8, 4) is 23.4 Å². The first-order valence-electron chi connectivity index (χ1n) is 5.52. The highest BCUT2D eigenvalue weighted by molar-refractivity contribution is 6.29. The molecular formula is C14H11ClN2O2. The number of methoxy groups -OCH3 is 1. The standard InChI is InChI=1S/C14H11ClN2O2/c1-9-3-4-11(12(5-9)18-2)19-14-7-10(8-16)6-13(15)17-14/h3-7H,1-2H3. The Morgan fingerprint density at radius 2 is 2.00 bits per heavy atom. The van der Waals surface area contributed by atoms with Crippen molar-refractivity contribution in [3.63, 3.8) is 0 Å². The number of hydrogen-bond acceptors (Lipinski definition) is 4. The molecule has 1 heterocycles. The summed E-state index contributed by atoms with van der Waals surface area (Å²) in [5.41, 5.74) is 1.45. The van der Waals surface area contributed by atoms with E-state index in [2.05, 4.69) is 4.98 Å². The predicted octanol–water partition coefficient (Wildman–Crippen LogP) is 3.72. The number of aryl methyl sites for hydroxylation is 1. The minimum Gasteiger partial charge on any atom is -0.493 e. The van der Waals surface area contributed by atoms with Crippen LogP contribution in [0.15, 0.2) is 30.3 Å². The summed E-state index contributed by atoms with van der Waals surface area (Å²) >= 11 is 5.82. The molecule has 0 aliphatic rings. The van der Waals surface area contributed by atoms with E-state index in [1.165, 1.54) is 12.1 Å². The van der Waals surface area contributed by atoms with Crippen LogP contribution in [0.3, 0.4) is 0 Å². The Hall–Kier alpha value is -2.25. The molecule has 0 saturated carbocycles. The molecule has 1 aromatic heterocycles. The molecule has 0 fully saturated rings. The Balaban J connectivity index is 2.36. The number of aromatic nitrogens is 1. The molecule has 1 aromatic carbocycles. The van der Waals surface area contributed by atoms with Gasteiger partial charge in [-0.2, -0.15) is 5.26 Å². The fourth-order valence-corrected chi connectivity index (χ4v) is 1.76. The summed E-state index contributed by atoms with van der Waals surface area (Å²) in [5.74, 6) is 1.37. The third kappa shape index (κ3) is 3.15. The third-order valence-corrected chi connectivity index (χ3v) is 2.63. The summed E-state index contributed by atoms with van der Waals surface area (Å²) in [4.78, 5) is 4.01. The van der Waals surface area contributed by atoms with E-state index < -0.39 is 0 Å². The zero-order valence-electron chi connectivity index (χ0n) is 10.5. The van der Waals surface area contributed by atoms with Crippen LogP contribution >= 0.6 is 11.6 Å². The van der Waals surface area contributed by atoms with Crippen LogP contribution < -0.4 is 9.47 Å². The van der Waals surface area contributed by atoms with Crippen molar-refractivity contribution in [2.45, 2.75) is 6.92 Å². The molecule has 2 aromatic rings. The first-order valence-corrected chi connectivity index (χ1v) is 5.90. The number of nitriles is 1. The number of rotatable bonds is 3. The van der Waals surface area contributed by atoms with E-state index >= 15 is 0 Å². The lowest BCUT2D eigenvalue weighted by atomic mass is 10.2. The van der Waals surface area contributed by atoms with Gasteiger partial charge in [0.15, 0.2) is 11.5 Å². The van der Waals surface area contributed by atoms with Gasteiger partial charge >= 0.3 is 0 Å². The monoisotopic (exact) mass is 274 g/mol. The van der Waals surface area contributed by atoms with E-state index in [4.69, 9.17) is 26.3 Å². The van der Waals surface area contributed by atoms with Gasteiger partial charge in [0.2, 0.25) is 5.88 Å². The third-order valence-electron chi connectivity index (χ3n) is 2.43. The van der Waals surface area contributed by atoms with Gasteiger partial charge in [0, 0.05) is 6.07 Å². The predicted molar refractivity (Wildman–Crippen MR) is 71.8 cm³/mol. The fourth-order valence-electron chi connectivity index (χ4n) is 1.56. The van der Waals surface area contributed by atoms with Crippen LogP contribution in [0, 0.1) is 18.3 Å². The Labute approximate surface area is 116 Å². The van der Waals surface area contributed by atoms with Crippen LogP contribution in [-0.2, 0) is 0 Å². The SMILES string of the molecule is COc1cc(C)ccc1Oc1cc(C#N)cc(Cl)n1. The second-order valence-corrected chi connectivity index (χ2v) is 4.27. The Kier molecular flexibility index (Phi) is 3.88. The van der Waals surface area contributed by atoms with Crippen molar-refractivity contribution in [2.24, 2.45) is 0 Å². The maximum atomic E-state index is 8.87. The van der Waals surface area contributed by atoms with Gasteiger partial charge in [0.05, 0.1) is 18.7 Å². The Morgan fingerprint density at radius 1 is 1.21 bits per heavy atom. The average Bonchev–Trinajstić information content (AvgIpc) is 2.40. The van der Waals surface area contributed by atoms with Crippen LogP contribution in [0.4, 0.5) is 0 Å². The lowest BCUT2D eigenvalue weighted by Gasteiger charge is -2.10. The molecule has 0 bridgehead atoms. The smallest absolute Gasteiger partial charge is 0.222 e. The van der Waals surface area contributed by atoms with Gasteiger partial charge in [-0.25, -0.2) is 4.98 Å². The maximum Gasteiger partial charge on any atom is 0.222 e. The molecule has 0 aliphatic carbocycles. The maximum absolute atomic E-state index is 8.87. The Bertz CT molecular complexity index is 650. The highest BCUT2D eigenvalue weighted by atomic mass is 35.5. The first-order chi connectivity index (χ1) is 9.12. The second kappa shape index (κ2) is 5.59. The second-order valence-electron chi connectivity index (χ2n) is 3.88. The summed E-state index contributed by atoms with van der Waals surface area (Å²) in [6, 6.07) is 10.5. The van der Waals surface area contributed by atoms with Crippen LogP contribution in [0.5, 0.6) is 17.4 Å². The molecule has 0 aliphatic heterocycles.